The number of rotatable bonds is 9. The van der Waals surface area contributed by atoms with Crippen LogP contribution < -0.4 is 15.6 Å². The Labute approximate surface area is 223 Å². The number of nitrogens with one attached hydrogen (secondary N) is 2. The van der Waals surface area contributed by atoms with Gasteiger partial charge in [0.1, 0.15) is 11.4 Å². The van der Waals surface area contributed by atoms with E-state index >= 15 is 0 Å². The summed E-state index contributed by atoms with van der Waals surface area (Å²) in [5.74, 6) is -1.17. The summed E-state index contributed by atoms with van der Waals surface area (Å²) in [4.78, 5) is 28.1. The standard InChI is InChI=1S/C27H26BrClN4O3/c1-3-33(4-2)21-12-9-18(10-13-21)15-24(31-26(35)22-7-5-6-8-23(22)29)27(36)32-30-17-19-16-20(28)11-14-25(19)34/h5-17,34H,3-4H2,1-2H3,(H,31,35)(H,32,36)/b24-15-,30-17?. The predicted octanol–water partition coefficient (Wildman–Crippen LogP) is 5.58. The van der Waals surface area contributed by atoms with Crippen molar-refractivity contribution in [3.63, 3.8) is 0 Å². The van der Waals surface area contributed by atoms with Gasteiger partial charge < -0.3 is 15.3 Å². The number of carbonyl (C=O) groups is 2. The molecule has 2 amide bonds. The number of nitrogens with zero attached hydrogens (tertiary/aromatic N) is 2. The van der Waals surface area contributed by atoms with Crippen molar-refractivity contribution in [1.82, 2.24) is 10.7 Å². The third-order valence-corrected chi connectivity index (χ3v) is 6.13. The van der Waals surface area contributed by atoms with Crippen LogP contribution in [0.1, 0.15) is 35.3 Å². The summed E-state index contributed by atoms with van der Waals surface area (Å²) < 4.78 is 0.744. The highest BCUT2D eigenvalue weighted by Crippen LogP contribution is 2.20. The van der Waals surface area contributed by atoms with E-state index in [1.807, 2.05) is 24.3 Å². The second-order valence-electron chi connectivity index (χ2n) is 7.66. The number of hydrogen-bond acceptors (Lipinski definition) is 5. The maximum Gasteiger partial charge on any atom is 0.287 e. The maximum absolute atomic E-state index is 13.0. The van der Waals surface area contributed by atoms with Crippen molar-refractivity contribution in [2.45, 2.75) is 13.8 Å². The molecule has 3 N–H and O–H groups in total. The third-order valence-electron chi connectivity index (χ3n) is 5.30. The highest BCUT2D eigenvalue weighted by atomic mass is 79.9. The second-order valence-corrected chi connectivity index (χ2v) is 8.98. The monoisotopic (exact) mass is 568 g/mol. The van der Waals surface area contributed by atoms with Crippen molar-refractivity contribution in [2.75, 3.05) is 18.0 Å². The fourth-order valence-electron chi connectivity index (χ4n) is 3.38. The maximum atomic E-state index is 13.0. The fraction of sp³-hybridized carbons (Fsp3) is 0.148. The molecule has 3 rings (SSSR count). The number of aromatic hydroxyl groups is 1. The number of amides is 2. The Kier molecular flexibility index (Phi) is 9.67. The van der Waals surface area contributed by atoms with E-state index in [1.54, 1.807) is 42.5 Å². The minimum Gasteiger partial charge on any atom is -0.507 e. The van der Waals surface area contributed by atoms with Crippen molar-refractivity contribution in [3.05, 3.63) is 98.6 Å². The molecule has 0 radical (unpaired) electrons. The number of hydrogen-bond donors (Lipinski definition) is 3. The Morgan fingerprint density at radius 3 is 2.42 bits per heavy atom. The topological polar surface area (TPSA) is 94.0 Å². The molecule has 186 valence electrons. The lowest BCUT2D eigenvalue weighted by atomic mass is 10.1. The quantitative estimate of drug-likeness (QED) is 0.178. The summed E-state index contributed by atoms with van der Waals surface area (Å²) >= 11 is 9.48. The van der Waals surface area contributed by atoms with Crippen LogP contribution in [0.25, 0.3) is 6.08 Å². The Bertz CT molecular complexity index is 1290. The third kappa shape index (κ3) is 7.19. The number of hydrazone groups is 1. The van der Waals surface area contributed by atoms with Crippen LogP contribution >= 0.6 is 27.5 Å². The lowest BCUT2D eigenvalue weighted by Crippen LogP contribution is -2.33. The van der Waals surface area contributed by atoms with Crippen LogP contribution in [0, 0.1) is 0 Å². The first-order valence-corrected chi connectivity index (χ1v) is 12.4. The minimum atomic E-state index is -0.644. The zero-order valence-corrected chi connectivity index (χ0v) is 22.2. The zero-order valence-electron chi connectivity index (χ0n) is 19.8. The van der Waals surface area contributed by atoms with Crippen LogP contribution in [0.5, 0.6) is 5.75 Å². The molecular formula is C27H26BrClN4O3. The first kappa shape index (κ1) is 27.0. The highest BCUT2D eigenvalue weighted by Gasteiger charge is 2.16. The summed E-state index contributed by atoms with van der Waals surface area (Å²) in [7, 11) is 0. The molecule has 9 heteroatoms. The van der Waals surface area contributed by atoms with Crippen molar-refractivity contribution in [1.29, 1.82) is 0 Å². The second kappa shape index (κ2) is 12.9. The predicted molar refractivity (Wildman–Crippen MR) is 148 cm³/mol. The molecule has 0 bridgehead atoms. The van der Waals surface area contributed by atoms with Crippen molar-refractivity contribution in [2.24, 2.45) is 5.10 Å². The summed E-state index contributed by atoms with van der Waals surface area (Å²) in [6.45, 7) is 5.91. The van der Waals surface area contributed by atoms with Crippen molar-refractivity contribution >= 4 is 57.3 Å². The minimum absolute atomic E-state index is 0.00674. The van der Waals surface area contributed by atoms with Gasteiger partial charge in [0, 0.05) is 28.8 Å². The van der Waals surface area contributed by atoms with Gasteiger partial charge in [-0.3, -0.25) is 9.59 Å². The molecule has 0 aliphatic carbocycles. The highest BCUT2D eigenvalue weighted by molar-refractivity contribution is 9.10. The number of halogens is 2. The van der Waals surface area contributed by atoms with Crippen LogP contribution in [0.15, 0.2) is 82.0 Å². The Hall–Kier alpha value is -3.62. The van der Waals surface area contributed by atoms with E-state index in [1.165, 1.54) is 12.3 Å². The van der Waals surface area contributed by atoms with Crippen LogP contribution in [0.3, 0.4) is 0 Å². The van der Waals surface area contributed by atoms with Gasteiger partial charge in [-0.1, -0.05) is 51.8 Å². The number of anilines is 1. The Balaban J connectivity index is 1.87. The molecule has 3 aromatic carbocycles. The van der Waals surface area contributed by atoms with Gasteiger partial charge in [0.25, 0.3) is 11.8 Å². The van der Waals surface area contributed by atoms with Crippen LogP contribution in [0.2, 0.25) is 5.02 Å². The first-order valence-electron chi connectivity index (χ1n) is 11.3. The van der Waals surface area contributed by atoms with Gasteiger partial charge in [-0.15, -0.1) is 0 Å². The molecular weight excluding hydrogens is 544 g/mol. The summed E-state index contributed by atoms with van der Waals surface area (Å²) in [6.07, 6.45) is 2.87. The van der Waals surface area contributed by atoms with Gasteiger partial charge in [-0.2, -0.15) is 5.10 Å². The number of phenols is 1. The number of phenolic OH excluding ortho intramolecular Hbond substituents is 1. The molecule has 0 saturated heterocycles. The van der Waals surface area contributed by atoms with Gasteiger partial charge in [-0.05, 0) is 68.0 Å². The van der Waals surface area contributed by atoms with Gasteiger partial charge in [0.2, 0.25) is 0 Å². The van der Waals surface area contributed by atoms with E-state index in [0.717, 1.165) is 23.2 Å². The Morgan fingerprint density at radius 2 is 1.75 bits per heavy atom. The molecule has 7 nitrogen and oxygen atoms in total. The lowest BCUT2D eigenvalue weighted by molar-refractivity contribution is -0.117. The van der Waals surface area contributed by atoms with Crippen LogP contribution in [-0.2, 0) is 4.79 Å². The SMILES string of the molecule is CCN(CC)c1ccc(/C=C(\NC(=O)c2ccccc2Cl)C(=O)NN=Cc2cc(Br)ccc2O)cc1. The molecule has 0 aromatic heterocycles. The zero-order chi connectivity index (χ0) is 26.1. The first-order chi connectivity index (χ1) is 17.3. The number of carbonyl (C=O) groups excluding carboxylic acids is 2. The normalized spacial score (nSPS) is 11.4. The molecule has 3 aromatic rings. The van der Waals surface area contributed by atoms with Crippen LogP contribution in [-0.4, -0.2) is 36.2 Å². The molecule has 0 aliphatic heterocycles. The van der Waals surface area contributed by atoms with Gasteiger partial charge in [0.05, 0.1) is 16.8 Å². The number of benzene rings is 3. The van der Waals surface area contributed by atoms with Gasteiger partial charge in [-0.25, -0.2) is 5.43 Å². The molecule has 36 heavy (non-hydrogen) atoms. The van der Waals surface area contributed by atoms with Gasteiger partial charge >= 0.3 is 0 Å². The van der Waals surface area contributed by atoms with E-state index < -0.39 is 11.8 Å². The molecule has 0 heterocycles. The van der Waals surface area contributed by atoms with E-state index in [-0.39, 0.29) is 22.0 Å². The summed E-state index contributed by atoms with van der Waals surface area (Å²) in [5.41, 5.74) is 4.78. The molecule has 0 atom stereocenters. The largest absolute Gasteiger partial charge is 0.507 e. The van der Waals surface area contributed by atoms with Crippen molar-refractivity contribution in [3.8, 4) is 5.75 Å². The molecule has 0 fully saturated rings. The molecule has 0 unspecified atom stereocenters. The van der Waals surface area contributed by atoms with E-state index in [0.29, 0.717) is 11.1 Å². The van der Waals surface area contributed by atoms with Crippen molar-refractivity contribution < 1.29 is 14.7 Å². The molecule has 0 aliphatic rings. The van der Waals surface area contributed by atoms with E-state index in [9.17, 15) is 14.7 Å². The average Bonchev–Trinajstić information content (AvgIpc) is 2.87. The molecule has 0 spiro atoms. The summed E-state index contributed by atoms with van der Waals surface area (Å²) in [6, 6.07) is 19.1. The Morgan fingerprint density at radius 1 is 1.06 bits per heavy atom. The lowest BCUT2D eigenvalue weighted by Gasteiger charge is -2.21. The van der Waals surface area contributed by atoms with Crippen LogP contribution in [0.4, 0.5) is 5.69 Å². The summed E-state index contributed by atoms with van der Waals surface area (Å²) in [5, 5.41) is 16.8. The van der Waals surface area contributed by atoms with Gasteiger partial charge in [0.15, 0.2) is 0 Å². The smallest absolute Gasteiger partial charge is 0.287 e. The fourth-order valence-corrected chi connectivity index (χ4v) is 3.98. The average molecular weight is 570 g/mol. The molecule has 0 saturated carbocycles. The van der Waals surface area contributed by atoms with E-state index in [4.69, 9.17) is 11.6 Å². The van der Waals surface area contributed by atoms with E-state index in [2.05, 4.69) is 50.5 Å².